The lowest BCUT2D eigenvalue weighted by Crippen LogP contribution is -2.45. The van der Waals surface area contributed by atoms with Crippen LogP contribution in [0.1, 0.15) is 66.5 Å². The Labute approximate surface area is 220 Å². The Morgan fingerprint density at radius 3 is 2.68 bits per heavy atom. The molecule has 1 fully saturated rings. The minimum atomic E-state index is -0.191. The van der Waals surface area contributed by atoms with Crippen LogP contribution < -0.4 is 16.2 Å². The molecule has 0 amide bonds. The van der Waals surface area contributed by atoms with Crippen molar-refractivity contribution >= 4 is 22.6 Å². The standard InChI is InChI=1S/C29H32N8O/c1-16-12-19-20(14-28(2,3)15-21(19)34-33-16)23-22-25(36-35-23)31-27(32-26(22)38)37-10-8-29(9-11-37)13-17-6-4-5-7-18(17)24(29)30/h4-7,12,14,24H,8-11,13,15,30H2,1-3H3,(H2,31,32,35,36,38)/t24-/m1/s1. The van der Waals surface area contributed by atoms with Gasteiger partial charge in [-0.15, -0.1) is 0 Å². The van der Waals surface area contributed by atoms with Crippen molar-refractivity contribution in [3.05, 3.63) is 80.5 Å². The lowest BCUT2D eigenvalue weighted by atomic mass is 9.73. The van der Waals surface area contributed by atoms with Crippen LogP contribution in [0.5, 0.6) is 0 Å². The molecule has 0 unspecified atom stereocenters. The fourth-order valence-corrected chi connectivity index (χ4v) is 6.77. The number of nitrogens with zero attached hydrogens (tertiary/aromatic N) is 5. The molecule has 0 saturated carbocycles. The summed E-state index contributed by atoms with van der Waals surface area (Å²) in [5, 5.41) is 16.8. The van der Waals surface area contributed by atoms with Crippen LogP contribution in [0.15, 0.2) is 41.2 Å². The van der Waals surface area contributed by atoms with Gasteiger partial charge in [0.05, 0.1) is 11.4 Å². The number of nitrogens with one attached hydrogen (secondary N) is 2. The van der Waals surface area contributed by atoms with Crippen LogP contribution in [-0.4, -0.2) is 43.5 Å². The van der Waals surface area contributed by atoms with Gasteiger partial charge in [0.25, 0.3) is 5.56 Å². The molecule has 9 nitrogen and oxygen atoms in total. The van der Waals surface area contributed by atoms with Gasteiger partial charge in [0.2, 0.25) is 5.95 Å². The van der Waals surface area contributed by atoms with Crippen LogP contribution in [0.4, 0.5) is 5.95 Å². The highest BCUT2D eigenvalue weighted by molar-refractivity contribution is 5.94. The molecule has 1 aliphatic heterocycles. The van der Waals surface area contributed by atoms with Crippen molar-refractivity contribution in [2.45, 2.75) is 52.5 Å². The largest absolute Gasteiger partial charge is 0.342 e. The third kappa shape index (κ3) is 3.52. The predicted octanol–water partition coefficient (Wildman–Crippen LogP) is 3.60. The first-order valence-corrected chi connectivity index (χ1v) is 13.4. The number of allylic oxidation sites excluding steroid dienone is 1. The second-order valence-corrected chi connectivity index (χ2v) is 12.0. The van der Waals surface area contributed by atoms with Crippen LogP contribution in [-0.2, 0) is 12.8 Å². The lowest BCUT2D eigenvalue weighted by Gasteiger charge is -2.42. The van der Waals surface area contributed by atoms with E-state index >= 15 is 0 Å². The van der Waals surface area contributed by atoms with Crippen molar-refractivity contribution in [1.82, 2.24) is 30.4 Å². The summed E-state index contributed by atoms with van der Waals surface area (Å²) in [6, 6.07) is 10.6. The molecule has 9 heteroatoms. The van der Waals surface area contributed by atoms with E-state index in [1.165, 1.54) is 11.1 Å². The molecule has 1 spiro atoms. The van der Waals surface area contributed by atoms with E-state index in [9.17, 15) is 4.79 Å². The zero-order chi connectivity index (χ0) is 26.2. The van der Waals surface area contributed by atoms with Crippen LogP contribution in [0.25, 0.3) is 16.6 Å². The first-order chi connectivity index (χ1) is 18.2. The summed E-state index contributed by atoms with van der Waals surface area (Å²) in [5.41, 5.74) is 13.9. The number of aromatic nitrogens is 6. The zero-order valence-corrected chi connectivity index (χ0v) is 22.0. The molecule has 38 heavy (non-hydrogen) atoms. The lowest BCUT2D eigenvalue weighted by molar-refractivity contribution is 0.187. The van der Waals surface area contributed by atoms with Gasteiger partial charge in [0, 0.05) is 36.7 Å². The Bertz CT molecular complexity index is 1670. The molecular weight excluding hydrogens is 476 g/mol. The van der Waals surface area contributed by atoms with E-state index in [1.807, 2.05) is 13.0 Å². The third-order valence-electron chi connectivity index (χ3n) is 8.76. The van der Waals surface area contributed by atoms with E-state index in [-0.39, 0.29) is 22.4 Å². The zero-order valence-electron chi connectivity index (χ0n) is 22.0. The van der Waals surface area contributed by atoms with E-state index < -0.39 is 0 Å². The molecule has 194 valence electrons. The number of hydrogen-bond donors (Lipinski definition) is 3. The minimum Gasteiger partial charge on any atom is -0.342 e. The molecule has 0 radical (unpaired) electrons. The van der Waals surface area contributed by atoms with Crippen molar-refractivity contribution in [2.24, 2.45) is 16.6 Å². The molecule has 1 atom stereocenters. The molecule has 1 saturated heterocycles. The van der Waals surface area contributed by atoms with Crippen LogP contribution in [0, 0.1) is 17.8 Å². The van der Waals surface area contributed by atoms with Gasteiger partial charge in [0.1, 0.15) is 11.1 Å². The normalized spacial score (nSPS) is 21.4. The van der Waals surface area contributed by atoms with Crippen LogP contribution in [0.3, 0.4) is 0 Å². The highest BCUT2D eigenvalue weighted by atomic mass is 16.1. The second kappa shape index (κ2) is 8.07. The van der Waals surface area contributed by atoms with Crippen LogP contribution in [0.2, 0.25) is 0 Å². The van der Waals surface area contributed by atoms with Crippen molar-refractivity contribution < 1.29 is 0 Å². The maximum atomic E-state index is 13.5. The smallest absolute Gasteiger partial charge is 0.264 e. The number of aryl methyl sites for hydroxylation is 1. The second-order valence-electron chi connectivity index (χ2n) is 12.0. The van der Waals surface area contributed by atoms with Crippen molar-refractivity contribution in [1.29, 1.82) is 0 Å². The van der Waals surface area contributed by atoms with E-state index in [0.29, 0.717) is 22.7 Å². The van der Waals surface area contributed by atoms with E-state index in [1.54, 1.807) is 0 Å². The molecule has 4 N–H and O–H groups in total. The fraction of sp³-hybridized carbons (Fsp3) is 0.414. The van der Waals surface area contributed by atoms with Crippen molar-refractivity contribution in [3.8, 4) is 0 Å². The molecule has 4 aromatic rings. The topological polar surface area (TPSA) is 129 Å². The Morgan fingerprint density at radius 1 is 1.11 bits per heavy atom. The number of rotatable bonds is 2. The van der Waals surface area contributed by atoms with Gasteiger partial charge in [-0.2, -0.15) is 20.3 Å². The van der Waals surface area contributed by atoms with Gasteiger partial charge in [-0.1, -0.05) is 44.2 Å². The summed E-state index contributed by atoms with van der Waals surface area (Å²) in [7, 11) is 0. The summed E-state index contributed by atoms with van der Waals surface area (Å²) in [4.78, 5) is 23.6. The summed E-state index contributed by atoms with van der Waals surface area (Å²) < 4.78 is 0. The highest BCUT2D eigenvalue weighted by Gasteiger charge is 2.46. The Hall–Kier alpha value is -3.85. The summed E-state index contributed by atoms with van der Waals surface area (Å²) in [6.45, 7) is 7.83. The predicted molar refractivity (Wildman–Crippen MR) is 147 cm³/mol. The Kier molecular flexibility index (Phi) is 4.95. The van der Waals surface area contributed by atoms with Gasteiger partial charge in [0.15, 0.2) is 5.65 Å². The number of anilines is 1. The molecule has 7 rings (SSSR count). The van der Waals surface area contributed by atoms with Crippen molar-refractivity contribution in [2.75, 3.05) is 18.0 Å². The van der Waals surface area contributed by atoms with E-state index in [4.69, 9.17) is 10.7 Å². The fourth-order valence-electron chi connectivity index (χ4n) is 6.77. The van der Waals surface area contributed by atoms with Gasteiger partial charge < -0.3 is 10.6 Å². The molecule has 3 aromatic heterocycles. The molecular formula is C29H32N8O. The number of fused-ring (bicyclic) bond motifs is 3. The van der Waals surface area contributed by atoms with E-state index in [0.717, 1.165) is 61.3 Å². The molecule has 3 aliphatic rings. The quantitative estimate of drug-likeness (QED) is 0.377. The average molecular weight is 509 g/mol. The van der Waals surface area contributed by atoms with Gasteiger partial charge in [-0.3, -0.25) is 14.9 Å². The van der Waals surface area contributed by atoms with Crippen LogP contribution >= 0.6 is 0 Å². The minimum absolute atomic E-state index is 0.0507. The number of nitrogens with two attached hydrogens (primary N) is 1. The average Bonchev–Trinajstić information content (AvgIpc) is 3.44. The number of H-pyrrole nitrogens is 2. The first kappa shape index (κ1) is 23.3. The monoisotopic (exact) mass is 508 g/mol. The van der Waals surface area contributed by atoms with Gasteiger partial charge in [-0.05, 0) is 54.2 Å². The number of aromatic amines is 2. The molecule has 2 aliphatic carbocycles. The third-order valence-corrected chi connectivity index (χ3v) is 8.76. The SMILES string of the molecule is Cc1cc2c(nn1)CC(C)(C)C=C2c1n[nH]c2nc(N3CCC4(CC3)Cc3ccccc3[C@H]4N)[nH]c(=O)c12. The molecule has 0 bridgehead atoms. The number of piperidine rings is 1. The highest BCUT2D eigenvalue weighted by Crippen LogP contribution is 2.50. The Balaban J connectivity index is 1.20. The Morgan fingerprint density at radius 2 is 1.89 bits per heavy atom. The number of hydrogen-bond acceptors (Lipinski definition) is 7. The number of benzene rings is 1. The summed E-state index contributed by atoms with van der Waals surface area (Å²) in [6.07, 6.45) is 5.90. The maximum absolute atomic E-state index is 13.5. The van der Waals surface area contributed by atoms with E-state index in [2.05, 4.69) is 74.5 Å². The summed E-state index contributed by atoms with van der Waals surface area (Å²) >= 11 is 0. The molecule has 4 heterocycles. The first-order valence-electron chi connectivity index (χ1n) is 13.4. The van der Waals surface area contributed by atoms with Gasteiger partial charge in [-0.25, -0.2) is 0 Å². The maximum Gasteiger partial charge on any atom is 0.264 e. The molecule has 1 aromatic carbocycles. The summed E-state index contributed by atoms with van der Waals surface area (Å²) in [5.74, 6) is 0.580. The van der Waals surface area contributed by atoms with Crippen molar-refractivity contribution in [3.63, 3.8) is 0 Å². The van der Waals surface area contributed by atoms with Gasteiger partial charge >= 0.3 is 0 Å².